The van der Waals surface area contributed by atoms with Gasteiger partial charge in [-0.1, -0.05) is 18.2 Å². The lowest BCUT2D eigenvalue weighted by Crippen LogP contribution is -2.31. The molecule has 1 saturated carbocycles. The zero-order valence-electron chi connectivity index (χ0n) is 19.2. The molecule has 3 aromatic rings. The average Bonchev–Trinajstić information content (AvgIpc) is 3.55. The Bertz CT molecular complexity index is 1220. The molecule has 0 bridgehead atoms. The van der Waals surface area contributed by atoms with E-state index in [1.54, 1.807) is 23.1 Å². The molecule has 6 nitrogen and oxygen atoms in total. The summed E-state index contributed by atoms with van der Waals surface area (Å²) in [6, 6.07) is 11.4. The molecule has 0 radical (unpaired) electrons. The fourth-order valence-electron chi connectivity index (χ4n) is 3.98. The lowest BCUT2D eigenvalue weighted by Gasteiger charge is -2.23. The van der Waals surface area contributed by atoms with Crippen molar-refractivity contribution in [3.05, 3.63) is 71.1 Å². The third-order valence-electron chi connectivity index (χ3n) is 5.79. The summed E-state index contributed by atoms with van der Waals surface area (Å²) in [4.78, 5) is 20.6. The first-order chi connectivity index (χ1) is 15.2. The van der Waals surface area contributed by atoms with Gasteiger partial charge in [-0.2, -0.15) is 10.4 Å². The number of pyridine rings is 1. The number of rotatable bonds is 6. The van der Waals surface area contributed by atoms with Crippen molar-refractivity contribution in [1.29, 1.82) is 5.26 Å². The van der Waals surface area contributed by atoms with Crippen LogP contribution in [-0.4, -0.2) is 32.1 Å². The van der Waals surface area contributed by atoms with Crippen molar-refractivity contribution in [3.8, 4) is 6.07 Å². The molecule has 0 atom stereocenters. The Morgan fingerprint density at radius 1 is 1.31 bits per heavy atom. The number of carbonyl (C=O) groups is 1. The number of fused-ring (bicyclic) bond motifs is 1. The van der Waals surface area contributed by atoms with Gasteiger partial charge in [-0.05, 0) is 64.3 Å². The van der Waals surface area contributed by atoms with Crippen molar-refractivity contribution in [2.45, 2.75) is 58.5 Å². The summed E-state index contributed by atoms with van der Waals surface area (Å²) >= 11 is 0. The first-order valence-corrected chi connectivity index (χ1v) is 11.0. The molecule has 0 spiro atoms. The number of amides is 1. The van der Waals surface area contributed by atoms with Crippen LogP contribution in [0.25, 0.3) is 11.0 Å². The summed E-state index contributed by atoms with van der Waals surface area (Å²) in [5.74, 6) is 0.362. The normalized spacial score (nSPS) is 13.7. The highest BCUT2D eigenvalue weighted by atomic mass is 16.2. The summed E-state index contributed by atoms with van der Waals surface area (Å²) in [7, 11) is 0. The maximum Gasteiger partial charge on any atom is 0.255 e. The minimum Gasteiger partial charge on any atom is -0.331 e. The number of nitriles is 1. The van der Waals surface area contributed by atoms with Crippen LogP contribution >= 0.6 is 0 Å². The lowest BCUT2D eigenvalue weighted by molar-refractivity contribution is 0.0764. The third kappa shape index (κ3) is 4.16. The second-order valence-corrected chi connectivity index (χ2v) is 9.52. The van der Waals surface area contributed by atoms with Gasteiger partial charge < -0.3 is 4.90 Å². The number of carbonyl (C=O) groups excluding carboxylic acids is 1. The molecule has 0 saturated heterocycles. The van der Waals surface area contributed by atoms with Crippen LogP contribution in [0.4, 0.5) is 0 Å². The molecular formula is C26H29N5O. The summed E-state index contributed by atoms with van der Waals surface area (Å²) in [6.07, 6.45) is 3.96. The largest absolute Gasteiger partial charge is 0.331 e. The van der Waals surface area contributed by atoms with E-state index in [1.165, 1.54) is 0 Å². The molecule has 4 rings (SSSR count). The van der Waals surface area contributed by atoms with E-state index in [2.05, 4.69) is 33.4 Å². The molecule has 0 N–H and O–H groups in total. The van der Waals surface area contributed by atoms with E-state index in [0.29, 0.717) is 30.1 Å². The van der Waals surface area contributed by atoms with E-state index in [0.717, 1.165) is 40.8 Å². The average molecular weight is 428 g/mol. The number of nitrogens with zero attached hydrogens (tertiary/aromatic N) is 5. The van der Waals surface area contributed by atoms with Crippen molar-refractivity contribution < 1.29 is 4.79 Å². The fourth-order valence-corrected chi connectivity index (χ4v) is 3.98. The Morgan fingerprint density at radius 2 is 2.00 bits per heavy atom. The number of benzene rings is 1. The predicted octanol–water partition coefficient (Wildman–Crippen LogP) is 5.07. The quantitative estimate of drug-likeness (QED) is 0.515. The van der Waals surface area contributed by atoms with Crippen molar-refractivity contribution in [2.75, 3.05) is 6.54 Å². The van der Waals surface area contributed by atoms with Gasteiger partial charge in [-0.3, -0.25) is 4.79 Å². The van der Waals surface area contributed by atoms with Gasteiger partial charge in [0.25, 0.3) is 5.91 Å². The molecule has 0 aliphatic heterocycles. The van der Waals surface area contributed by atoms with Gasteiger partial charge in [0, 0.05) is 24.7 Å². The van der Waals surface area contributed by atoms with E-state index in [9.17, 15) is 4.79 Å². The molecule has 1 amide bonds. The van der Waals surface area contributed by atoms with Gasteiger partial charge in [0.1, 0.15) is 0 Å². The van der Waals surface area contributed by atoms with E-state index >= 15 is 0 Å². The van der Waals surface area contributed by atoms with E-state index < -0.39 is 0 Å². The molecule has 1 aliphatic rings. The van der Waals surface area contributed by atoms with Crippen LogP contribution < -0.4 is 0 Å². The predicted molar refractivity (Wildman–Crippen MR) is 125 cm³/mol. The molecule has 1 fully saturated rings. The molecule has 1 aliphatic carbocycles. The highest BCUT2D eigenvalue weighted by Crippen LogP contribution is 2.41. The van der Waals surface area contributed by atoms with Gasteiger partial charge in [-0.25, -0.2) is 9.67 Å². The van der Waals surface area contributed by atoms with E-state index in [1.807, 2.05) is 29.8 Å². The minimum atomic E-state index is -0.245. The first kappa shape index (κ1) is 21.8. The van der Waals surface area contributed by atoms with Crippen molar-refractivity contribution in [1.82, 2.24) is 19.7 Å². The number of hydrogen-bond donors (Lipinski definition) is 0. The summed E-state index contributed by atoms with van der Waals surface area (Å²) in [5.41, 5.74) is 4.54. The van der Waals surface area contributed by atoms with E-state index in [-0.39, 0.29) is 11.4 Å². The van der Waals surface area contributed by atoms with Crippen molar-refractivity contribution in [2.24, 2.45) is 0 Å². The minimum absolute atomic E-state index is 0.0554. The van der Waals surface area contributed by atoms with Crippen LogP contribution in [0.1, 0.15) is 72.4 Å². The van der Waals surface area contributed by atoms with Crippen molar-refractivity contribution >= 4 is 16.9 Å². The standard InChI is InChI=1S/C26H29N5O/c1-6-13-30(16-19-9-7-18(15-27)8-10-19)25(32)21-14-22(20-11-12-20)28-24-23(21)17(2)29-31(24)26(3,4)5/h6-10,14,20H,1,11-13,16H2,2-5H3. The number of hydrogen-bond acceptors (Lipinski definition) is 4. The molecule has 6 heteroatoms. The summed E-state index contributed by atoms with van der Waals surface area (Å²) in [6.45, 7) is 12.9. The van der Waals surface area contributed by atoms with Crippen LogP contribution in [0.5, 0.6) is 0 Å². The van der Waals surface area contributed by atoms with Crippen LogP contribution in [0.2, 0.25) is 0 Å². The van der Waals surface area contributed by atoms with Crippen LogP contribution in [0, 0.1) is 18.3 Å². The van der Waals surface area contributed by atoms with Gasteiger partial charge in [0.15, 0.2) is 5.65 Å². The molecule has 1 aromatic carbocycles. The second kappa shape index (κ2) is 8.23. The molecule has 2 aromatic heterocycles. The zero-order valence-corrected chi connectivity index (χ0v) is 19.2. The first-order valence-electron chi connectivity index (χ1n) is 11.0. The number of aromatic nitrogens is 3. The van der Waals surface area contributed by atoms with E-state index in [4.69, 9.17) is 15.3 Å². The zero-order chi connectivity index (χ0) is 23.0. The molecule has 2 heterocycles. The SMILES string of the molecule is C=CCN(Cc1ccc(C#N)cc1)C(=O)c1cc(C2CC2)nc2c1c(C)nn2C(C)(C)C. The van der Waals surface area contributed by atoms with Gasteiger partial charge >= 0.3 is 0 Å². The second-order valence-electron chi connectivity index (χ2n) is 9.52. The highest BCUT2D eigenvalue weighted by Gasteiger charge is 2.31. The Morgan fingerprint density at radius 3 is 2.56 bits per heavy atom. The Labute approximate surface area is 189 Å². The monoisotopic (exact) mass is 427 g/mol. The Kier molecular flexibility index (Phi) is 5.60. The van der Waals surface area contributed by atoms with Gasteiger partial charge in [-0.15, -0.1) is 6.58 Å². The summed E-state index contributed by atoms with van der Waals surface area (Å²) < 4.78 is 1.94. The number of aryl methyl sites for hydroxylation is 1. The van der Waals surface area contributed by atoms with Crippen molar-refractivity contribution in [3.63, 3.8) is 0 Å². The molecule has 0 unspecified atom stereocenters. The maximum atomic E-state index is 13.8. The maximum absolute atomic E-state index is 13.8. The summed E-state index contributed by atoms with van der Waals surface area (Å²) in [5, 5.41) is 14.6. The topological polar surface area (TPSA) is 74.8 Å². The third-order valence-corrected chi connectivity index (χ3v) is 5.79. The Balaban J connectivity index is 1.80. The Hall–Kier alpha value is -3.46. The van der Waals surface area contributed by atoms with Gasteiger partial charge in [0.2, 0.25) is 0 Å². The van der Waals surface area contributed by atoms with Crippen LogP contribution in [-0.2, 0) is 12.1 Å². The lowest BCUT2D eigenvalue weighted by atomic mass is 10.0. The van der Waals surface area contributed by atoms with Crippen LogP contribution in [0.3, 0.4) is 0 Å². The fraction of sp³-hybridized carbons (Fsp3) is 0.385. The smallest absolute Gasteiger partial charge is 0.255 e. The molecule has 164 valence electrons. The molecular weight excluding hydrogens is 398 g/mol. The highest BCUT2D eigenvalue weighted by molar-refractivity contribution is 6.06. The van der Waals surface area contributed by atoms with Crippen LogP contribution in [0.15, 0.2) is 43.0 Å². The molecule has 32 heavy (non-hydrogen) atoms. The van der Waals surface area contributed by atoms with Gasteiger partial charge in [0.05, 0.1) is 33.8 Å².